The molecule has 0 radical (unpaired) electrons. The van der Waals surface area contributed by atoms with Crippen LogP contribution < -0.4 is 5.32 Å². The Labute approximate surface area is 81.0 Å². The third-order valence-electron chi connectivity index (χ3n) is 3.67. The molecule has 1 aliphatic heterocycles. The van der Waals surface area contributed by atoms with Gasteiger partial charge in [-0.3, -0.25) is 0 Å². The Bertz CT molecular complexity index is 165. The molecule has 0 aromatic heterocycles. The monoisotopic (exact) mass is 183 g/mol. The zero-order valence-corrected chi connectivity index (χ0v) is 8.75. The molecule has 13 heavy (non-hydrogen) atoms. The van der Waals surface area contributed by atoms with Gasteiger partial charge in [-0.15, -0.1) is 0 Å². The van der Waals surface area contributed by atoms with Crippen LogP contribution in [0.2, 0.25) is 0 Å². The van der Waals surface area contributed by atoms with Crippen LogP contribution in [0.1, 0.15) is 26.2 Å². The molecule has 2 aliphatic rings. The van der Waals surface area contributed by atoms with Gasteiger partial charge >= 0.3 is 0 Å². The van der Waals surface area contributed by atoms with E-state index in [1.54, 1.807) is 0 Å². The third kappa shape index (κ3) is 2.05. The van der Waals surface area contributed by atoms with E-state index in [-0.39, 0.29) is 0 Å². The van der Waals surface area contributed by atoms with E-state index in [2.05, 4.69) is 19.3 Å². The van der Waals surface area contributed by atoms with Gasteiger partial charge in [-0.25, -0.2) is 0 Å². The quantitative estimate of drug-likeness (QED) is 0.718. The van der Waals surface area contributed by atoms with E-state index in [9.17, 15) is 0 Å². The number of rotatable bonds is 3. The predicted molar refractivity (Wildman–Crippen MR) is 53.7 cm³/mol. The van der Waals surface area contributed by atoms with Crippen LogP contribution in [0.3, 0.4) is 0 Å². The van der Waals surface area contributed by atoms with Crippen molar-refractivity contribution in [2.45, 2.75) is 32.2 Å². The van der Waals surface area contributed by atoms with E-state index in [0.29, 0.717) is 0 Å². The SMILES string of the molecule is CNC(C1CCCOC1)C1CC1C. The molecule has 0 aromatic carbocycles. The van der Waals surface area contributed by atoms with Crippen LogP contribution in [0, 0.1) is 17.8 Å². The van der Waals surface area contributed by atoms with Gasteiger partial charge in [-0.05, 0) is 44.1 Å². The van der Waals surface area contributed by atoms with Crippen LogP contribution in [0.25, 0.3) is 0 Å². The molecule has 2 rings (SSSR count). The normalized spacial score (nSPS) is 41.5. The lowest BCUT2D eigenvalue weighted by molar-refractivity contribution is 0.0362. The van der Waals surface area contributed by atoms with Crippen molar-refractivity contribution < 1.29 is 4.74 Å². The van der Waals surface area contributed by atoms with E-state index in [0.717, 1.165) is 37.0 Å². The molecule has 1 N–H and O–H groups in total. The van der Waals surface area contributed by atoms with Crippen LogP contribution >= 0.6 is 0 Å². The topological polar surface area (TPSA) is 21.3 Å². The summed E-state index contributed by atoms with van der Waals surface area (Å²) in [5.74, 6) is 2.64. The first-order valence-corrected chi connectivity index (χ1v) is 5.58. The fraction of sp³-hybridized carbons (Fsp3) is 1.00. The lowest BCUT2D eigenvalue weighted by Gasteiger charge is -2.30. The Morgan fingerprint density at radius 3 is 2.69 bits per heavy atom. The third-order valence-corrected chi connectivity index (χ3v) is 3.67. The Kier molecular flexibility index (Phi) is 2.89. The van der Waals surface area contributed by atoms with Crippen molar-refractivity contribution in [3.8, 4) is 0 Å². The summed E-state index contributed by atoms with van der Waals surface area (Å²) in [5, 5.41) is 3.48. The predicted octanol–water partition coefficient (Wildman–Crippen LogP) is 1.66. The second kappa shape index (κ2) is 3.97. The summed E-state index contributed by atoms with van der Waals surface area (Å²) in [7, 11) is 2.10. The van der Waals surface area contributed by atoms with Gasteiger partial charge in [-0.2, -0.15) is 0 Å². The minimum Gasteiger partial charge on any atom is -0.381 e. The van der Waals surface area contributed by atoms with Crippen molar-refractivity contribution in [3.05, 3.63) is 0 Å². The molecule has 0 bridgehead atoms. The number of hydrogen-bond acceptors (Lipinski definition) is 2. The molecule has 1 saturated heterocycles. The molecule has 76 valence electrons. The van der Waals surface area contributed by atoms with Crippen LogP contribution in [-0.2, 0) is 4.74 Å². The summed E-state index contributed by atoms with van der Waals surface area (Å²) in [4.78, 5) is 0. The van der Waals surface area contributed by atoms with Crippen LogP contribution in [0.4, 0.5) is 0 Å². The van der Waals surface area contributed by atoms with Crippen molar-refractivity contribution >= 4 is 0 Å². The number of nitrogens with one attached hydrogen (secondary N) is 1. The lowest BCUT2D eigenvalue weighted by atomic mass is 9.90. The summed E-state index contributed by atoms with van der Waals surface area (Å²) < 4.78 is 5.54. The smallest absolute Gasteiger partial charge is 0.0509 e. The van der Waals surface area contributed by atoms with Crippen molar-refractivity contribution in [1.29, 1.82) is 0 Å². The maximum atomic E-state index is 5.54. The second-order valence-electron chi connectivity index (χ2n) is 4.67. The molecule has 4 atom stereocenters. The summed E-state index contributed by atoms with van der Waals surface area (Å²) in [6, 6.07) is 0.718. The van der Waals surface area contributed by atoms with Crippen LogP contribution in [-0.4, -0.2) is 26.3 Å². The van der Waals surface area contributed by atoms with Crippen molar-refractivity contribution in [2.75, 3.05) is 20.3 Å². The first-order chi connectivity index (χ1) is 6.33. The van der Waals surface area contributed by atoms with E-state index in [4.69, 9.17) is 4.74 Å². The molecule has 1 aliphatic carbocycles. The Hall–Kier alpha value is -0.0800. The fourth-order valence-electron chi connectivity index (χ4n) is 2.70. The molecule has 2 heteroatoms. The standard InChI is InChI=1S/C11H21NO/c1-8-6-10(8)11(12-2)9-4-3-5-13-7-9/h8-12H,3-7H2,1-2H3. The molecule has 1 heterocycles. The molecule has 0 aromatic rings. The Morgan fingerprint density at radius 2 is 2.23 bits per heavy atom. The van der Waals surface area contributed by atoms with Gasteiger partial charge in [0.1, 0.15) is 0 Å². The molecular formula is C11H21NO. The average molecular weight is 183 g/mol. The number of hydrogen-bond donors (Lipinski definition) is 1. The van der Waals surface area contributed by atoms with E-state index < -0.39 is 0 Å². The van der Waals surface area contributed by atoms with Gasteiger partial charge in [0.2, 0.25) is 0 Å². The fourth-order valence-corrected chi connectivity index (χ4v) is 2.70. The number of ether oxygens (including phenoxy) is 1. The summed E-state index contributed by atoms with van der Waals surface area (Å²) in [6.45, 7) is 4.32. The van der Waals surface area contributed by atoms with Crippen LogP contribution in [0.5, 0.6) is 0 Å². The highest BCUT2D eigenvalue weighted by Gasteiger charge is 2.42. The molecule has 2 nitrogen and oxygen atoms in total. The Balaban J connectivity index is 1.87. The van der Waals surface area contributed by atoms with Gasteiger partial charge in [-0.1, -0.05) is 6.92 Å². The highest BCUT2D eigenvalue weighted by atomic mass is 16.5. The minimum atomic E-state index is 0.718. The molecule has 2 fully saturated rings. The van der Waals surface area contributed by atoms with Gasteiger partial charge < -0.3 is 10.1 Å². The van der Waals surface area contributed by atoms with Gasteiger partial charge in [0.05, 0.1) is 6.61 Å². The maximum Gasteiger partial charge on any atom is 0.0509 e. The highest BCUT2D eigenvalue weighted by Crippen LogP contribution is 2.43. The molecule has 1 saturated carbocycles. The van der Waals surface area contributed by atoms with Gasteiger partial charge in [0, 0.05) is 12.6 Å². The zero-order chi connectivity index (χ0) is 9.26. The second-order valence-corrected chi connectivity index (χ2v) is 4.67. The Morgan fingerprint density at radius 1 is 1.46 bits per heavy atom. The first kappa shape index (κ1) is 9.47. The van der Waals surface area contributed by atoms with Crippen LogP contribution in [0.15, 0.2) is 0 Å². The average Bonchev–Trinajstić information content (AvgIpc) is 2.86. The minimum absolute atomic E-state index is 0.718. The largest absolute Gasteiger partial charge is 0.381 e. The maximum absolute atomic E-state index is 5.54. The molecular weight excluding hydrogens is 162 g/mol. The van der Waals surface area contributed by atoms with Gasteiger partial charge in [0.15, 0.2) is 0 Å². The van der Waals surface area contributed by atoms with E-state index >= 15 is 0 Å². The van der Waals surface area contributed by atoms with Crippen molar-refractivity contribution in [3.63, 3.8) is 0 Å². The summed E-state index contributed by atoms with van der Waals surface area (Å²) >= 11 is 0. The molecule has 0 spiro atoms. The molecule has 4 unspecified atom stereocenters. The van der Waals surface area contributed by atoms with Crippen molar-refractivity contribution in [1.82, 2.24) is 5.32 Å². The lowest BCUT2D eigenvalue weighted by Crippen LogP contribution is -2.40. The summed E-state index contributed by atoms with van der Waals surface area (Å²) in [5.41, 5.74) is 0. The van der Waals surface area contributed by atoms with E-state index in [1.165, 1.54) is 19.3 Å². The van der Waals surface area contributed by atoms with Crippen molar-refractivity contribution in [2.24, 2.45) is 17.8 Å². The zero-order valence-electron chi connectivity index (χ0n) is 8.75. The van der Waals surface area contributed by atoms with E-state index in [1.807, 2.05) is 0 Å². The highest BCUT2D eigenvalue weighted by molar-refractivity contribution is 4.95. The molecule has 0 amide bonds. The van der Waals surface area contributed by atoms with Gasteiger partial charge in [0.25, 0.3) is 0 Å². The summed E-state index contributed by atoms with van der Waals surface area (Å²) in [6.07, 6.45) is 4.03. The first-order valence-electron chi connectivity index (χ1n) is 5.58.